The van der Waals surface area contributed by atoms with Crippen LogP contribution in [0.5, 0.6) is 11.5 Å². The van der Waals surface area contributed by atoms with Crippen LogP contribution < -0.4 is 20.8 Å². The van der Waals surface area contributed by atoms with Gasteiger partial charge in [-0.3, -0.25) is 4.79 Å². The summed E-state index contributed by atoms with van der Waals surface area (Å²) in [5.74, 6) is -0.407. The zero-order chi connectivity index (χ0) is 21.0. The molecule has 29 heavy (non-hydrogen) atoms. The summed E-state index contributed by atoms with van der Waals surface area (Å²) in [5.41, 5.74) is 5.50. The van der Waals surface area contributed by atoms with E-state index in [-0.39, 0.29) is 34.0 Å². The standard InChI is InChI=1S/C21H14N4O4/c1-28-17-9-13(18-14(10-22)19(24)25-20(26)15(18)11-23)7-8-16(17)29-21(27)12-5-3-2-4-6-12/h2-9H,1H3,(H3,24,25,26). The van der Waals surface area contributed by atoms with E-state index in [2.05, 4.69) is 4.98 Å². The molecule has 0 aliphatic heterocycles. The third-order valence-electron chi connectivity index (χ3n) is 4.13. The maximum atomic E-state index is 12.3. The number of methoxy groups -OCH3 is 1. The minimum absolute atomic E-state index is 0.0442. The number of aromatic nitrogens is 1. The van der Waals surface area contributed by atoms with Crippen molar-refractivity contribution >= 4 is 11.8 Å². The fourth-order valence-corrected chi connectivity index (χ4v) is 2.77. The first kappa shape index (κ1) is 19.2. The van der Waals surface area contributed by atoms with Crippen LogP contribution >= 0.6 is 0 Å². The molecule has 0 bridgehead atoms. The quantitative estimate of drug-likeness (QED) is 0.518. The number of rotatable bonds is 4. The van der Waals surface area contributed by atoms with E-state index < -0.39 is 11.5 Å². The monoisotopic (exact) mass is 386 g/mol. The highest BCUT2D eigenvalue weighted by Crippen LogP contribution is 2.35. The molecule has 0 unspecified atom stereocenters. The number of carbonyl (C=O) groups is 1. The summed E-state index contributed by atoms with van der Waals surface area (Å²) in [6, 6.07) is 16.5. The average Bonchev–Trinajstić information content (AvgIpc) is 2.74. The first-order valence-corrected chi connectivity index (χ1v) is 8.31. The number of pyridine rings is 1. The number of hydrogen-bond donors (Lipinski definition) is 2. The second-order valence-corrected chi connectivity index (χ2v) is 5.84. The number of carbonyl (C=O) groups excluding carboxylic acids is 1. The molecule has 0 saturated heterocycles. The minimum atomic E-state index is -0.711. The molecule has 8 heteroatoms. The van der Waals surface area contributed by atoms with Crippen molar-refractivity contribution in [3.63, 3.8) is 0 Å². The summed E-state index contributed by atoms with van der Waals surface area (Å²) in [5, 5.41) is 18.8. The second kappa shape index (κ2) is 7.99. The van der Waals surface area contributed by atoms with Gasteiger partial charge in [-0.1, -0.05) is 24.3 Å². The van der Waals surface area contributed by atoms with Crippen LogP contribution in [0.2, 0.25) is 0 Å². The van der Waals surface area contributed by atoms with Crippen molar-refractivity contribution in [1.29, 1.82) is 10.5 Å². The predicted octanol–water partition coefficient (Wildman–Crippen LogP) is 2.60. The van der Waals surface area contributed by atoms with E-state index >= 15 is 0 Å². The number of nitrogens with two attached hydrogens (primary N) is 1. The van der Waals surface area contributed by atoms with Gasteiger partial charge in [-0.2, -0.15) is 10.5 Å². The molecule has 1 aromatic heterocycles. The number of nitrogens with zero attached hydrogens (tertiary/aromatic N) is 2. The van der Waals surface area contributed by atoms with Gasteiger partial charge in [0.2, 0.25) is 0 Å². The van der Waals surface area contributed by atoms with Crippen LogP contribution in [-0.2, 0) is 0 Å². The van der Waals surface area contributed by atoms with Crippen LogP contribution in [0.4, 0.5) is 5.82 Å². The molecule has 8 nitrogen and oxygen atoms in total. The van der Waals surface area contributed by atoms with Gasteiger partial charge in [0, 0.05) is 5.56 Å². The number of nitrogens with one attached hydrogen (secondary N) is 1. The molecule has 0 spiro atoms. The van der Waals surface area contributed by atoms with Crippen LogP contribution in [0.3, 0.4) is 0 Å². The van der Waals surface area contributed by atoms with E-state index in [1.807, 2.05) is 6.07 Å². The molecule has 142 valence electrons. The number of H-pyrrole nitrogens is 1. The highest BCUT2D eigenvalue weighted by atomic mass is 16.6. The van der Waals surface area contributed by atoms with Crippen molar-refractivity contribution < 1.29 is 14.3 Å². The van der Waals surface area contributed by atoms with E-state index in [1.54, 1.807) is 36.4 Å². The molecular weight excluding hydrogens is 372 g/mol. The number of hydrogen-bond acceptors (Lipinski definition) is 7. The van der Waals surface area contributed by atoms with E-state index in [0.29, 0.717) is 11.1 Å². The van der Waals surface area contributed by atoms with Crippen molar-refractivity contribution in [3.8, 4) is 34.8 Å². The third-order valence-corrected chi connectivity index (χ3v) is 4.13. The Morgan fingerprint density at radius 2 is 1.72 bits per heavy atom. The molecule has 3 aromatic rings. The number of aromatic amines is 1. The lowest BCUT2D eigenvalue weighted by Gasteiger charge is -2.13. The highest BCUT2D eigenvalue weighted by Gasteiger charge is 2.20. The van der Waals surface area contributed by atoms with Crippen LogP contribution in [0.1, 0.15) is 21.5 Å². The summed E-state index contributed by atoms with van der Waals surface area (Å²) in [4.78, 5) is 26.7. The largest absolute Gasteiger partial charge is 0.493 e. The maximum absolute atomic E-state index is 12.3. The lowest BCUT2D eigenvalue weighted by Crippen LogP contribution is -2.16. The van der Waals surface area contributed by atoms with Gasteiger partial charge in [-0.05, 0) is 29.8 Å². The maximum Gasteiger partial charge on any atom is 0.343 e. The Morgan fingerprint density at radius 3 is 2.34 bits per heavy atom. The zero-order valence-electron chi connectivity index (χ0n) is 15.2. The lowest BCUT2D eigenvalue weighted by atomic mass is 9.96. The molecule has 0 amide bonds. The third kappa shape index (κ3) is 3.64. The lowest BCUT2D eigenvalue weighted by molar-refractivity contribution is 0.0729. The van der Waals surface area contributed by atoms with E-state index in [1.165, 1.54) is 25.3 Å². The molecule has 1 heterocycles. The van der Waals surface area contributed by atoms with E-state index in [4.69, 9.17) is 15.2 Å². The minimum Gasteiger partial charge on any atom is -0.493 e. The topological polar surface area (TPSA) is 142 Å². The number of nitrogen functional groups attached to an aromatic ring is 1. The molecule has 0 aliphatic carbocycles. The van der Waals surface area contributed by atoms with Gasteiger partial charge in [-0.25, -0.2) is 4.79 Å². The number of ether oxygens (including phenoxy) is 2. The van der Waals surface area contributed by atoms with Crippen molar-refractivity contribution in [2.24, 2.45) is 0 Å². The molecule has 3 N–H and O–H groups in total. The van der Waals surface area contributed by atoms with Gasteiger partial charge >= 0.3 is 5.97 Å². The summed E-state index contributed by atoms with van der Waals surface area (Å²) in [6.07, 6.45) is 0. The number of benzene rings is 2. The van der Waals surface area contributed by atoms with E-state index in [0.717, 1.165) is 0 Å². The summed E-state index contributed by atoms with van der Waals surface area (Å²) in [7, 11) is 1.38. The highest BCUT2D eigenvalue weighted by molar-refractivity contribution is 5.91. The Bertz CT molecular complexity index is 1230. The van der Waals surface area contributed by atoms with Crippen LogP contribution in [-0.4, -0.2) is 18.1 Å². The molecule has 0 radical (unpaired) electrons. The Hall–Kier alpha value is -4.56. The Balaban J connectivity index is 2.09. The molecule has 2 aromatic carbocycles. The zero-order valence-corrected chi connectivity index (χ0v) is 15.2. The second-order valence-electron chi connectivity index (χ2n) is 5.84. The van der Waals surface area contributed by atoms with E-state index in [9.17, 15) is 20.1 Å². The van der Waals surface area contributed by atoms with Crippen molar-refractivity contribution in [1.82, 2.24) is 4.98 Å². The Kier molecular flexibility index (Phi) is 5.29. The Morgan fingerprint density at radius 1 is 1.03 bits per heavy atom. The van der Waals surface area contributed by atoms with Gasteiger partial charge in [0.1, 0.15) is 29.1 Å². The average molecular weight is 386 g/mol. The normalized spacial score (nSPS) is 9.90. The smallest absolute Gasteiger partial charge is 0.343 e. The van der Waals surface area contributed by atoms with Crippen molar-refractivity contribution in [2.75, 3.05) is 12.8 Å². The summed E-state index contributed by atoms with van der Waals surface area (Å²) >= 11 is 0. The first-order chi connectivity index (χ1) is 14.0. The number of anilines is 1. The molecule has 0 fully saturated rings. The fraction of sp³-hybridized carbons (Fsp3) is 0.0476. The molecular formula is C21H14N4O4. The first-order valence-electron chi connectivity index (χ1n) is 8.31. The van der Waals surface area contributed by atoms with Gasteiger partial charge in [0.25, 0.3) is 5.56 Å². The fourth-order valence-electron chi connectivity index (χ4n) is 2.77. The van der Waals surface area contributed by atoms with Crippen LogP contribution in [0.15, 0.2) is 53.3 Å². The van der Waals surface area contributed by atoms with Crippen molar-refractivity contribution in [2.45, 2.75) is 0 Å². The van der Waals surface area contributed by atoms with Crippen molar-refractivity contribution in [3.05, 3.63) is 75.6 Å². The molecule has 3 rings (SSSR count). The SMILES string of the molecule is COc1cc(-c2c(C#N)c(N)[nH]c(=O)c2C#N)ccc1OC(=O)c1ccccc1. The molecule has 0 atom stereocenters. The summed E-state index contributed by atoms with van der Waals surface area (Å²) < 4.78 is 10.7. The number of nitriles is 2. The molecule has 0 aliphatic rings. The van der Waals surface area contributed by atoms with Crippen LogP contribution in [0.25, 0.3) is 11.1 Å². The molecule has 0 saturated carbocycles. The van der Waals surface area contributed by atoms with Gasteiger partial charge < -0.3 is 20.2 Å². The number of esters is 1. The van der Waals surface area contributed by atoms with Crippen LogP contribution in [0, 0.1) is 22.7 Å². The predicted molar refractivity (Wildman–Crippen MR) is 104 cm³/mol. The van der Waals surface area contributed by atoms with Gasteiger partial charge in [0.05, 0.1) is 12.7 Å². The van der Waals surface area contributed by atoms with Gasteiger partial charge in [0.15, 0.2) is 11.5 Å². The summed E-state index contributed by atoms with van der Waals surface area (Å²) in [6.45, 7) is 0. The van der Waals surface area contributed by atoms with Gasteiger partial charge in [-0.15, -0.1) is 0 Å². The Labute approximate surface area is 165 Å².